The highest BCUT2D eigenvalue weighted by molar-refractivity contribution is 5.66. The molecule has 0 fully saturated rings. The number of aliphatic carboxylic acids is 1. The third-order valence-corrected chi connectivity index (χ3v) is 2.58. The van der Waals surface area contributed by atoms with E-state index in [-0.39, 0.29) is 6.42 Å². The highest BCUT2D eigenvalue weighted by atomic mass is 16.4. The van der Waals surface area contributed by atoms with Gasteiger partial charge in [0.05, 0.1) is 0 Å². The largest absolute Gasteiger partial charge is 0.481 e. The summed E-state index contributed by atoms with van der Waals surface area (Å²) in [5, 5.41) is 8.49. The van der Waals surface area contributed by atoms with E-state index in [2.05, 4.69) is 19.9 Å². The molecule has 0 radical (unpaired) electrons. The smallest absolute Gasteiger partial charge is 0.303 e. The second-order valence-corrected chi connectivity index (χ2v) is 4.03. The lowest BCUT2D eigenvalue weighted by molar-refractivity contribution is -0.136. The molecule has 0 rings (SSSR count). The average molecular weight is 198 g/mol. The predicted molar refractivity (Wildman–Crippen MR) is 59.3 cm³/mol. The first kappa shape index (κ1) is 13.2. The summed E-state index contributed by atoms with van der Waals surface area (Å²) in [7, 11) is 0. The van der Waals surface area contributed by atoms with Gasteiger partial charge in [0.2, 0.25) is 0 Å². The van der Waals surface area contributed by atoms with Gasteiger partial charge in [-0.2, -0.15) is 0 Å². The van der Waals surface area contributed by atoms with E-state index in [9.17, 15) is 4.79 Å². The fourth-order valence-corrected chi connectivity index (χ4v) is 1.22. The topological polar surface area (TPSA) is 37.3 Å². The molecule has 0 heterocycles. The Balaban J connectivity index is 3.60. The number of carbonyl (C=O) groups is 1. The Labute approximate surface area is 87.0 Å². The van der Waals surface area contributed by atoms with Crippen LogP contribution in [0.25, 0.3) is 0 Å². The monoisotopic (exact) mass is 198 g/mol. The summed E-state index contributed by atoms with van der Waals surface area (Å²) in [5.41, 5.74) is 1.20. The Bertz CT molecular complexity index is 194. The second kappa shape index (κ2) is 7.60. The van der Waals surface area contributed by atoms with E-state index in [0.29, 0.717) is 6.42 Å². The van der Waals surface area contributed by atoms with Gasteiger partial charge >= 0.3 is 5.97 Å². The molecule has 0 aliphatic carbocycles. The molecule has 0 bridgehead atoms. The molecule has 82 valence electrons. The first-order valence-corrected chi connectivity index (χ1v) is 5.43. The van der Waals surface area contributed by atoms with Crippen molar-refractivity contribution in [2.45, 2.75) is 52.9 Å². The Kier molecular flexibility index (Phi) is 7.17. The van der Waals surface area contributed by atoms with Crippen molar-refractivity contribution in [3.63, 3.8) is 0 Å². The van der Waals surface area contributed by atoms with Gasteiger partial charge in [-0.3, -0.25) is 4.79 Å². The van der Waals surface area contributed by atoms with Crippen LogP contribution in [-0.4, -0.2) is 11.1 Å². The van der Waals surface area contributed by atoms with E-state index >= 15 is 0 Å². The molecule has 0 aromatic carbocycles. The standard InChI is InChI=1S/C12H22O2/c1-4-10(2)6-5-7-11(3)8-9-12(13)14/h7,10H,4-6,8-9H2,1-3H3,(H,13,14). The molecule has 0 saturated heterocycles. The maximum Gasteiger partial charge on any atom is 0.303 e. The van der Waals surface area contributed by atoms with E-state index in [1.807, 2.05) is 6.92 Å². The van der Waals surface area contributed by atoms with E-state index < -0.39 is 5.97 Å². The van der Waals surface area contributed by atoms with Gasteiger partial charge in [0.1, 0.15) is 0 Å². The Morgan fingerprint density at radius 2 is 2.07 bits per heavy atom. The quantitative estimate of drug-likeness (QED) is 0.634. The molecule has 0 saturated carbocycles. The lowest BCUT2D eigenvalue weighted by Gasteiger charge is -2.05. The molecule has 0 aromatic heterocycles. The third-order valence-electron chi connectivity index (χ3n) is 2.58. The number of rotatable bonds is 7. The molecule has 1 atom stereocenters. The van der Waals surface area contributed by atoms with Crippen LogP contribution in [0.15, 0.2) is 11.6 Å². The first-order chi connectivity index (χ1) is 6.56. The zero-order valence-electron chi connectivity index (χ0n) is 9.55. The average Bonchev–Trinajstić information content (AvgIpc) is 2.14. The van der Waals surface area contributed by atoms with Crippen LogP contribution in [0, 0.1) is 5.92 Å². The Hall–Kier alpha value is -0.790. The highest BCUT2D eigenvalue weighted by Gasteiger charge is 1.99. The summed E-state index contributed by atoms with van der Waals surface area (Å²) in [5.74, 6) is 0.0678. The summed E-state index contributed by atoms with van der Waals surface area (Å²) < 4.78 is 0. The van der Waals surface area contributed by atoms with Crippen molar-refractivity contribution in [3.8, 4) is 0 Å². The van der Waals surface area contributed by atoms with Gasteiger partial charge in [-0.05, 0) is 32.1 Å². The Morgan fingerprint density at radius 1 is 1.43 bits per heavy atom. The van der Waals surface area contributed by atoms with Crippen LogP contribution in [0.5, 0.6) is 0 Å². The van der Waals surface area contributed by atoms with Crippen LogP contribution in [0.2, 0.25) is 0 Å². The number of carboxylic acids is 1. The van der Waals surface area contributed by atoms with Crippen molar-refractivity contribution in [2.24, 2.45) is 5.92 Å². The van der Waals surface area contributed by atoms with Crippen LogP contribution in [0.4, 0.5) is 0 Å². The molecular formula is C12H22O2. The molecule has 0 spiro atoms. The minimum absolute atomic E-state index is 0.256. The summed E-state index contributed by atoms with van der Waals surface area (Å²) in [6, 6.07) is 0. The SMILES string of the molecule is CCC(C)CCC=C(C)CCC(=O)O. The van der Waals surface area contributed by atoms with Gasteiger partial charge in [-0.15, -0.1) is 0 Å². The molecule has 0 amide bonds. The van der Waals surface area contributed by atoms with E-state index in [1.54, 1.807) is 0 Å². The normalized spacial score (nSPS) is 14.1. The van der Waals surface area contributed by atoms with E-state index in [0.717, 1.165) is 12.3 Å². The van der Waals surface area contributed by atoms with Crippen LogP contribution in [0.3, 0.4) is 0 Å². The number of allylic oxidation sites excluding steroid dienone is 2. The second-order valence-electron chi connectivity index (χ2n) is 4.03. The van der Waals surface area contributed by atoms with Gasteiger partial charge in [0, 0.05) is 6.42 Å². The van der Waals surface area contributed by atoms with Gasteiger partial charge < -0.3 is 5.11 Å². The molecule has 1 unspecified atom stereocenters. The van der Waals surface area contributed by atoms with Crippen molar-refractivity contribution in [1.29, 1.82) is 0 Å². The number of hydrogen-bond acceptors (Lipinski definition) is 1. The lowest BCUT2D eigenvalue weighted by atomic mass is 10.0. The maximum atomic E-state index is 10.3. The summed E-state index contributed by atoms with van der Waals surface area (Å²) in [4.78, 5) is 10.3. The van der Waals surface area contributed by atoms with Crippen molar-refractivity contribution in [2.75, 3.05) is 0 Å². The molecule has 0 aliphatic rings. The fraction of sp³-hybridized carbons (Fsp3) is 0.750. The molecule has 2 heteroatoms. The molecular weight excluding hydrogens is 176 g/mol. The van der Waals surface area contributed by atoms with Crippen molar-refractivity contribution in [3.05, 3.63) is 11.6 Å². The number of hydrogen-bond donors (Lipinski definition) is 1. The third kappa shape index (κ3) is 7.84. The lowest BCUT2D eigenvalue weighted by Crippen LogP contribution is -1.94. The van der Waals surface area contributed by atoms with Crippen molar-refractivity contribution in [1.82, 2.24) is 0 Å². The van der Waals surface area contributed by atoms with Crippen LogP contribution in [0.1, 0.15) is 52.9 Å². The summed E-state index contributed by atoms with van der Waals surface area (Å²) >= 11 is 0. The minimum Gasteiger partial charge on any atom is -0.481 e. The Morgan fingerprint density at radius 3 is 2.57 bits per heavy atom. The zero-order chi connectivity index (χ0) is 11.0. The van der Waals surface area contributed by atoms with Gasteiger partial charge in [-0.1, -0.05) is 31.9 Å². The van der Waals surface area contributed by atoms with Gasteiger partial charge in [0.15, 0.2) is 0 Å². The minimum atomic E-state index is -0.709. The fourth-order valence-electron chi connectivity index (χ4n) is 1.22. The van der Waals surface area contributed by atoms with Crippen molar-refractivity contribution >= 4 is 5.97 Å². The van der Waals surface area contributed by atoms with Crippen LogP contribution < -0.4 is 0 Å². The molecule has 0 aliphatic heterocycles. The van der Waals surface area contributed by atoms with E-state index in [1.165, 1.54) is 18.4 Å². The molecule has 1 N–H and O–H groups in total. The van der Waals surface area contributed by atoms with Crippen LogP contribution >= 0.6 is 0 Å². The zero-order valence-corrected chi connectivity index (χ0v) is 9.55. The first-order valence-electron chi connectivity index (χ1n) is 5.43. The maximum absolute atomic E-state index is 10.3. The van der Waals surface area contributed by atoms with Crippen molar-refractivity contribution < 1.29 is 9.90 Å². The van der Waals surface area contributed by atoms with Gasteiger partial charge in [0.25, 0.3) is 0 Å². The molecule has 0 aromatic rings. The van der Waals surface area contributed by atoms with Gasteiger partial charge in [-0.25, -0.2) is 0 Å². The van der Waals surface area contributed by atoms with Crippen LogP contribution in [-0.2, 0) is 4.79 Å². The summed E-state index contributed by atoms with van der Waals surface area (Å²) in [6.45, 7) is 6.46. The highest BCUT2D eigenvalue weighted by Crippen LogP contribution is 2.12. The molecule has 14 heavy (non-hydrogen) atoms. The number of carboxylic acid groups (broad SMARTS) is 1. The van der Waals surface area contributed by atoms with E-state index in [4.69, 9.17) is 5.11 Å². The molecule has 2 nitrogen and oxygen atoms in total. The predicted octanol–water partition coefficient (Wildman–Crippen LogP) is 3.62. The summed E-state index contributed by atoms with van der Waals surface area (Å²) in [6.07, 6.45) is 6.64.